The number of para-hydroxylation sites is 1. The van der Waals surface area contributed by atoms with Crippen LogP contribution in [0.3, 0.4) is 0 Å². The summed E-state index contributed by atoms with van der Waals surface area (Å²) in [6.07, 6.45) is 4.45. The number of thiocarbonyl (C=S) groups is 1. The number of hydrogen-bond donors (Lipinski definition) is 2. The van der Waals surface area contributed by atoms with Crippen LogP contribution in [0.1, 0.15) is 5.76 Å². The SMILES string of the molecule is COc1ccc(-c2nc3ccccc3s2)cc1NC(=S)NC(=O)/C=C/c1ccco1. The van der Waals surface area contributed by atoms with Crippen LogP contribution in [-0.4, -0.2) is 23.1 Å². The maximum atomic E-state index is 12.1. The van der Waals surface area contributed by atoms with Crippen molar-refractivity contribution in [3.8, 4) is 16.3 Å². The van der Waals surface area contributed by atoms with Gasteiger partial charge in [0, 0.05) is 11.6 Å². The summed E-state index contributed by atoms with van der Waals surface area (Å²) in [6.45, 7) is 0. The molecular formula is C22H17N3O3S2. The molecule has 0 spiro atoms. The molecular weight excluding hydrogens is 418 g/mol. The molecule has 0 aliphatic carbocycles. The lowest BCUT2D eigenvalue weighted by molar-refractivity contribution is -0.115. The Kier molecular flexibility index (Phi) is 5.87. The molecule has 0 atom stereocenters. The third-order valence-corrected chi connectivity index (χ3v) is 5.46. The van der Waals surface area contributed by atoms with Gasteiger partial charge in [-0.15, -0.1) is 11.3 Å². The number of nitrogens with one attached hydrogen (secondary N) is 2. The molecule has 0 saturated heterocycles. The van der Waals surface area contributed by atoms with Gasteiger partial charge in [-0.25, -0.2) is 4.98 Å². The number of ether oxygens (including phenoxy) is 1. The number of fused-ring (bicyclic) bond motifs is 1. The van der Waals surface area contributed by atoms with Crippen molar-refractivity contribution in [1.82, 2.24) is 10.3 Å². The van der Waals surface area contributed by atoms with E-state index in [1.165, 1.54) is 12.3 Å². The average Bonchev–Trinajstić information content (AvgIpc) is 3.41. The van der Waals surface area contributed by atoms with E-state index < -0.39 is 0 Å². The number of anilines is 1. The van der Waals surface area contributed by atoms with E-state index in [4.69, 9.17) is 21.4 Å². The van der Waals surface area contributed by atoms with Crippen molar-refractivity contribution in [2.75, 3.05) is 12.4 Å². The fourth-order valence-corrected chi connectivity index (χ4v) is 3.96. The van der Waals surface area contributed by atoms with Gasteiger partial charge in [-0.1, -0.05) is 12.1 Å². The topological polar surface area (TPSA) is 76.4 Å². The number of furan rings is 1. The van der Waals surface area contributed by atoms with Crippen LogP contribution in [0.25, 0.3) is 26.9 Å². The lowest BCUT2D eigenvalue weighted by Crippen LogP contribution is -2.32. The van der Waals surface area contributed by atoms with Crippen molar-refractivity contribution in [3.05, 3.63) is 72.7 Å². The van der Waals surface area contributed by atoms with Crippen molar-refractivity contribution in [2.24, 2.45) is 0 Å². The third kappa shape index (κ3) is 4.56. The molecule has 30 heavy (non-hydrogen) atoms. The molecule has 2 N–H and O–H groups in total. The molecule has 0 radical (unpaired) electrons. The van der Waals surface area contributed by atoms with Gasteiger partial charge in [-0.3, -0.25) is 10.1 Å². The van der Waals surface area contributed by atoms with E-state index >= 15 is 0 Å². The van der Waals surface area contributed by atoms with Gasteiger partial charge >= 0.3 is 0 Å². The summed E-state index contributed by atoms with van der Waals surface area (Å²) in [5, 5.41) is 6.67. The first kappa shape index (κ1) is 19.8. The van der Waals surface area contributed by atoms with Gasteiger partial charge < -0.3 is 14.5 Å². The van der Waals surface area contributed by atoms with E-state index in [2.05, 4.69) is 15.6 Å². The second-order valence-corrected chi connectivity index (χ2v) is 7.63. The van der Waals surface area contributed by atoms with E-state index in [9.17, 15) is 4.79 Å². The highest BCUT2D eigenvalue weighted by Gasteiger charge is 2.12. The number of benzene rings is 2. The van der Waals surface area contributed by atoms with E-state index in [0.717, 1.165) is 20.8 Å². The van der Waals surface area contributed by atoms with E-state index in [0.29, 0.717) is 17.2 Å². The average molecular weight is 436 g/mol. The zero-order valence-corrected chi connectivity index (χ0v) is 17.5. The number of amides is 1. The highest BCUT2D eigenvalue weighted by molar-refractivity contribution is 7.80. The molecule has 1 amide bonds. The van der Waals surface area contributed by atoms with Crippen LogP contribution >= 0.6 is 23.6 Å². The van der Waals surface area contributed by atoms with Crippen LogP contribution in [0.15, 0.2) is 71.4 Å². The fraction of sp³-hybridized carbons (Fsp3) is 0.0455. The van der Waals surface area contributed by atoms with Crippen molar-refractivity contribution in [3.63, 3.8) is 0 Å². The quantitative estimate of drug-likeness (QED) is 0.336. The number of methoxy groups -OCH3 is 1. The van der Waals surface area contributed by atoms with Gasteiger partial charge in [0.15, 0.2) is 5.11 Å². The normalized spacial score (nSPS) is 11.0. The predicted molar refractivity (Wildman–Crippen MR) is 124 cm³/mol. The maximum Gasteiger partial charge on any atom is 0.250 e. The number of aromatic nitrogens is 1. The van der Waals surface area contributed by atoms with Crippen molar-refractivity contribution >= 4 is 56.6 Å². The molecule has 0 saturated carbocycles. The van der Waals surface area contributed by atoms with Crippen molar-refractivity contribution < 1.29 is 13.9 Å². The number of nitrogens with zero attached hydrogens (tertiary/aromatic N) is 1. The highest BCUT2D eigenvalue weighted by atomic mass is 32.1. The Labute approximate surface area is 182 Å². The van der Waals surface area contributed by atoms with Crippen LogP contribution in [0.4, 0.5) is 5.69 Å². The Bertz CT molecular complexity index is 1200. The molecule has 4 aromatic rings. The van der Waals surface area contributed by atoms with Crippen LogP contribution in [0.5, 0.6) is 5.75 Å². The molecule has 0 bridgehead atoms. The monoisotopic (exact) mass is 435 g/mol. The largest absolute Gasteiger partial charge is 0.495 e. The summed E-state index contributed by atoms with van der Waals surface area (Å²) < 4.78 is 11.7. The Hall–Kier alpha value is -3.49. The molecule has 0 aliphatic heterocycles. The number of rotatable bonds is 5. The van der Waals surface area contributed by atoms with Gasteiger partial charge in [-0.2, -0.15) is 0 Å². The summed E-state index contributed by atoms with van der Waals surface area (Å²) in [5.74, 6) is 0.807. The second kappa shape index (κ2) is 8.89. The summed E-state index contributed by atoms with van der Waals surface area (Å²) in [4.78, 5) is 16.8. The molecule has 2 aromatic heterocycles. The molecule has 150 valence electrons. The van der Waals surface area contributed by atoms with Gasteiger partial charge in [-0.05, 0) is 60.8 Å². The zero-order chi connectivity index (χ0) is 20.9. The summed E-state index contributed by atoms with van der Waals surface area (Å²) in [5.41, 5.74) is 2.51. The second-order valence-electron chi connectivity index (χ2n) is 6.19. The standard InChI is InChI=1S/C22H17N3O3S2/c1-27-18-10-8-14(21-23-16-6-2-3-7-19(16)30-21)13-17(18)24-22(29)25-20(26)11-9-15-5-4-12-28-15/h2-13H,1H3,(H2,24,25,26,29)/b11-9+. The first-order valence-electron chi connectivity index (χ1n) is 9.00. The number of hydrogen-bond acceptors (Lipinski definition) is 6. The number of thiazole rings is 1. The Morgan fingerprint density at radius 3 is 2.83 bits per heavy atom. The van der Waals surface area contributed by atoms with Gasteiger partial charge in [0.05, 0.1) is 29.3 Å². The molecule has 4 rings (SSSR count). The fourth-order valence-electron chi connectivity index (χ4n) is 2.79. The van der Waals surface area contributed by atoms with Crippen LogP contribution in [0.2, 0.25) is 0 Å². The number of carbonyl (C=O) groups is 1. The Morgan fingerprint density at radius 2 is 2.07 bits per heavy atom. The molecule has 0 unspecified atom stereocenters. The van der Waals surface area contributed by atoms with Crippen molar-refractivity contribution in [2.45, 2.75) is 0 Å². The minimum absolute atomic E-state index is 0.156. The van der Waals surface area contributed by atoms with Crippen LogP contribution in [0, 0.1) is 0 Å². The van der Waals surface area contributed by atoms with E-state index in [1.807, 2.05) is 42.5 Å². The minimum atomic E-state index is -0.370. The molecule has 6 nitrogen and oxygen atoms in total. The van der Waals surface area contributed by atoms with Gasteiger partial charge in [0.25, 0.3) is 0 Å². The van der Waals surface area contributed by atoms with Crippen molar-refractivity contribution in [1.29, 1.82) is 0 Å². The third-order valence-electron chi connectivity index (χ3n) is 4.17. The molecule has 8 heteroatoms. The molecule has 0 fully saturated rings. The minimum Gasteiger partial charge on any atom is -0.495 e. The summed E-state index contributed by atoms with van der Waals surface area (Å²) in [7, 11) is 1.58. The lowest BCUT2D eigenvalue weighted by atomic mass is 10.2. The first-order chi connectivity index (χ1) is 14.6. The highest BCUT2D eigenvalue weighted by Crippen LogP contribution is 2.34. The van der Waals surface area contributed by atoms with E-state index in [1.54, 1.807) is 36.7 Å². The van der Waals surface area contributed by atoms with Crippen LogP contribution in [-0.2, 0) is 4.79 Å². The van der Waals surface area contributed by atoms with Gasteiger partial charge in [0.1, 0.15) is 16.5 Å². The lowest BCUT2D eigenvalue weighted by Gasteiger charge is -2.13. The summed E-state index contributed by atoms with van der Waals surface area (Å²) in [6, 6.07) is 17.2. The summed E-state index contributed by atoms with van der Waals surface area (Å²) >= 11 is 6.88. The van der Waals surface area contributed by atoms with E-state index in [-0.39, 0.29) is 11.0 Å². The van der Waals surface area contributed by atoms with Crippen LogP contribution < -0.4 is 15.4 Å². The van der Waals surface area contributed by atoms with Gasteiger partial charge in [0.2, 0.25) is 5.91 Å². The molecule has 0 aliphatic rings. The molecule has 2 aromatic carbocycles. The predicted octanol–water partition coefficient (Wildman–Crippen LogP) is 5.09. The smallest absolute Gasteiger partial charge is 0.250 e. The number of carbonyl (C=O) groups excluding carboxylic acids is 1. The Balaban J connectivity index is 1.50. The maximum absolute atomic E-state index is 12.1. The Morgan fingerprint density at radius 1 is 1.20 bits per heavy atom. The zero-order valence-electron chi connectivity index (χ0n) is 15.9. The molecule has 2 heterocycles. The first-order valence-corrected chi connectivity index (χ1v) is 10.2.